The van der Waals surface area contributed by atoms with Crippen molar-refractivity contribution in [2.75, 3.05) is 18.9 Å². The first kappa shape index (κ1) is 19.2. The third kappa shape index (κ3) is 3.63. The molecule has 1 aromatic heterocycles. The van der Waals surface area contributed by atoms with Gasteiger partial charge in [0.15, 0.2) is 5.16 Å². The summed E-state index contributed by atoms with van der Waals surface area (Å²) in [5, 5.41) is 0.913. The highest BCUT2D eigenvalue weighted by molar-refractivity contribution is 7.99. The van der Waals surface area contributed by atoms with Crippen LogP contribution < -0.4 is 5.56 Å². The van der Waals surface area contributed by atoms with Crippen molar-refractivity contribution in [1.82, 2.24) is 14.5 Å². The zero-order valence-electron chi connectivity index (χ0n) is 16.0. The van der Waals surface area contributed by atoms with Gasteiger partial charge >= 0.3 is 6.09 Å². The van der Waals surface area contributed by atoms with Crippen LogP contribution in [0.2, 0.25) is 0 Å². The first-order valence-corrected chi connectivity index (χ1v) is 10.1. The van der Waals surface area contributed by atoms with Crippen molar-refractivity contribution in [2.24, 2.45) is 0 Å². The molecule has 2 aromatic carbocycles. The number of amides is 2. The van der Waals surface area contributed by atoms with Gasteiger partial charge in [-0.05, 0) is 43.2 Å². The molecule has 0 bridgehead atoms. The van der Waals surface area contributed by atoms with E-state index >= 15 is 0 Å². The van der Waals surface area contributed by atoms with Crippen LogP contribution >= 0.6 is 11.8 Å². The Bertz CT molecular complexity index is 1190. The van der Waals surface area contributed by atoms with Crippen LogP contribution in [0.3, 0.4) is 0 Å². The highest BCUT2D eigenvalue weighted by Gasteiger charge is 2.28. The smallest absolute Gasteiger partial charge is 0.416 e. The zero-order chi connectivity index (χ0) is 20.5. The number of para-hydroxylation sites is 1. The van der Waals surface area contributed by atoms with E-state index in [1.807, 2.05) is 38.1 Å². The molecule has 2 heterocycles. The van der Waals surface area contributed by atoms with Crippen LogP contribution in [0.5, 0.6) is 0 Å². The molecular weight excluding hydrogens is 390 g/mol. The van der Waals surface area contributed by atoms with Gasteiger partial charge in [-0.25, -0.2) is 14.7 Å². The van der Waals surface area contributed by atoms with E-state index in [-0.39, 0.29) is 30.4 Å². The van der Waals surface area contributed by atoms with E-state index in [0.717, 1.165) is 33.5 Å². The van der Waals surface area contributed by atoms with Gasteiger partial charge in [0.2, 0.25) is 5.91 Å². The Kier molecular flexibility index (Phi) is 5.10. The van der Waals surface area contributed by atoms with E-state index in [0.29, 0.717) is 16.1 Å². The van der Waals surface area contributed by atoms with E-state index in [9.17, 15) is 14.4 Å². The quantitative estimate of drug-likeness (QED) is 0.487. The molecule has 148 valence electrons. The third-order valence-corrected chi connectivity index (χ3v) is 5.66. The largest absolute Gasteiger partial charge is 0.447 e. The maximum Gasteiger partial charge on any atom is 0.416 e. The van der Waals surface area contributed by atoms with Crippen molar-refractivity contribution >= 4 is 34.7 Å². The number of cyclic esters (lactones) is 1. The molecule has 1 fully saturated rings. The molecular formula is C21H19N3O4S. The number of benzene rings is 2. The molecule has 0 spiro atoms. The zero-order valence-corrected chi connectivity index (χ0v) is 16.9. The van der Waals surface area contributed by atoms with E-state index < -0.39 is 6.09 Å². The molecule has 0 unspecified atom stereocenters. The summed E-state index contributed by atoms with van der Waals surface area (Å²) in [7, 11) is 0. The maximum atomic E-state index is 13.3. The van der Waals surface area contributed by atoms with E-state index in [1.54, 1.807) is 22.8 Å². The Morgan fingerprint density at radius 3 is 2.72 bits per heavy atom. The molecule has 0 N–H and O–H groups in total. The summed E-state index contributed by atoms with van der Waals surface area (Å²) in [5.41, 5.74) is 3.03. The molecule has 1 saturated heterocycles. The summed E-state index contributed by atoms with van der Waals surface area (Å²) >= 11 is 1.14. The topological polar surface area (TPSA) is 81.5 Å². The third-order valence-electron chi connectivity index (χ3n) is 4.74. The molecule has 2 amide bonds. The highest BCUT2D eigenvalue weighted by Crippen LogP contribution is 2.24. The monoisotopic (exact) mass is 409 g/mol. The van der Waals surface area contributed by atoms with Crippen LogP contribution in [-0.4, -0.2) is 45.4 Å². The van der Waals surface area contributed by atoms with Crippen molar-refractivity contribution in [2.45, 2.75) is 19.0 Å². The molecule has 29 heavy (non-hydrogen) atoms. The number of carbonyl (C=O) groups is 2. The van der Waals surface area contributed by atoms with Crippen LogP contribution in [0.1, 0.15) is 11.1 Å². The van der Waals surface area contributed by atoms with E-state index in [2.05, 4.69) is 4.98 Å². The first-order valence-electron chi connectivity index (χ1n) is 9.15. The van der Waals surface area contributed by atoms with Gasteiger partial charge in [0, 0.05) is 0 Å². The number of aromatic nitrogens is 2. The second-order valence-corrected chi connectivity index (χ2v) is 7.73. The molecule has 7 nitrogen and oxygen atoms in total. The highest BCUT2D eigenvalue weighted by atomic mass is 32.2. The maximum absolute atomic E-state index is 13.3. The summed E-state index contributed by atoms with van der Waals surface area (Å²) in [6.45, 7) is 4.33. The lowest BCUT2D eigenvalue weighted by Gasteiger charge is -2.16. The van der Waals surface area contributed by atoms with Crippen LogP contribution in [0.25, 0.3) is 16.6 Å². The number of hydrogen-bond acceptors (Lipinski definition) is 6. The van der Waals surface area contributed by atoms with Gasteiger partial charge in [-0.15, -0.1) is 0 Å². The van der Waals surface area contributed by atoms with Gasteiger partial charge in [0.05, 0.1) is 28.9 Å². The molecule has 0 aliphatic carbocycles. The van der Waals surface area contributed by atoms with Gasteiger partial charge in [-0.2, -0.15) is 0 Å². The number of fused-ring (bicyclic) bond motifs is 1. The average molecular weight is 409 g/mol. The Balaban J connectivity index is 1.79. The number of nitrogens with zero attached hydrogens (tertiary/aromatic N) is 3. The summed E-state index contributed by atoms with van der Waals surface area (Å²) in [6, 6.07) is 13.0. The van der Waals surface area contributed by atoms with Crippen molar-refractivity contribution in [3.05, 3.63) is 63.9 Å². The Hall–Kier alpha value is -3.13. The standard InChI is InChI=1S/C21H19N3O4S/c1-13-7-8-14(2)17(11-13)24-19(26)15-5-3-4-6-16(15)22-20(24)29-12-18(25)23-9-10-28-21(23)27/h3-8,11H,9-10,12H2,1-2H3. The minimum atomic E-state index is -0.631. The average Bonchev–Trinajstić information content (AvgIpc) is 3.14. The van der Waals surface area contributed by atoms with Crippen LogP contribution in [-0.2, 0) is 9.53 Å². The molecule has 0 atom stereocenters. The molecule has 4 rings (SSSR count). The fourth-order valence-corrected chi connectivity index (χ4v) is 4.09. The van der Waals surface area contributed by atoms with Crippen LogP contribution in [0.4, 0.5) is 4.79 Å². The van der Waals surface area contributed by atoms with Gasteiger partial charge in [-0.1, -0.05) is 36.0 Å². The van der Waals surface area contributed by atoms with E-state index in [4.69, 9.17) is 4.74 Å². The lowest BCUT2D eigenvalue weighted by atomic mass is 10.1. The number of ether oxygens (including phenoxy) is 1. The predicted octanol–water partition coefficient (Wildman–Crippen LogP) is 3.07. The molecule has 0 saturated carbocycles. The number of carbonyl (C=O) groups excluding carboxylic acids is 2. The number of thioether (sulfide) groups is 1. The molecule has 1 aliphatic heterocycles. The minimum Gasteiger partial charge on any atom is -0.447 e. The van der Waals surface area contributed by atoms with Gasteiger partial charge in [-0.3, -0.25) is 14.2 Å². The predicted molar refractivity (Wildman–Crippen MR) is 111 cm³/mol. The lowest BCUT2D eigenvalue weighted by Crippen LogP contribution is -2.33. The van der Waals surface area contributed by atoms with Crippen LogP contribution in [0, 0.1) is 13.8 Å². The Labute approximate surface area is 171 Å². The first-order chi connectivity index (χ1) is 14.0. The lowest BCUT2D eigenvalue weighted by molar-refractivity contribution is -0.125. The molecule has 3 aromatic rings. The van der Waals surface area contributed by atoms with Crippen molar-refractivity contribution in [1.29, 1.82) is 0 Å². The second kappa shape index (κ2) is 7.71. The van der Waals surface area contributed by atoms with Crippen molar-refractivity contribution in [3.8, 4) is 5.69 Å². The SMILES string of the molecule is Cc1ccc(C)c(-n2c(SCC(=O)N3CCOC3=O)nc3ccccc3c2=O)c1. The molecule has 1 aliphatic rings. The van der Waals surface area contributed by atoms with Gasteiger partial charge < -0.3 is 4.74 Å². The summed E-state index contributed by atoms with van der Waals surface area (Å²) in [5.74, 6) is -0.391. The van der Waals surface area contributed by atoms with Crippen molar-refractivity contribution in [3.63, 3.8) is 0 Å². The summed E-state index contributed by atoms with van der Waals surface area (Å²) in [4.78, 5) is 43.1. The number of imide groups is 1. The second-order valence-electron chi connectivity index (χ2n) is 6.79. The van der Waals surface area contributed by atoms with Crippen molar-refractivity contribution < 1.29 is 14.3 Å². The van der Waals surface area contributed by atoms with Gasteiger partial charge in [0.25, 0.3) is 5.56 Å². The summed E-state index contributed by atoms with van der Waals surface area (Å²) in [6.07, 6.45) is -0.631. The Morgan fingerprint density at radius 2 is 1.97 bits per heavy atom. The Morgan fingerprint density at radius 1 is 1.17 bits per heavy atom. The number of aryl methyl sites for hydroxylation is 2. The van der Waals surface area contributed by atoms with E-state index in [1.165, 1.54) is 0 Å². The molecule has 0 radical (unpaired) electrons. The summed E-state index contributed by atoms with van der Waals surface area (Å²) < 4.78 is 6.37. The number of hydrogen-bond donors (Lipinski definition) is 0. The van der Waals surface area contributed by atoms with Gasteiger partial charge in [0.1, 0.15) is 6.61 Å². The fourth-order valence-electron chi connectivity index (χ4n) is 3.21. The molecule has 8 heteroatoms. The number of rotatable bonds is 4. The van der Waals surface area contributed by atoms with Crippen LogP contribution in [0.15, 0.2) is 52.4 Å². The minimum absolute atomic E-state index is 0.0231. The normalized spacial score (nSPS) is 13.7. The fraction of sp³-hybridized carbons (Fsp3) is 0.238.